The van der Waals surface area contributed by atoms with Crippen molar-refractivity contribution in [3.8, 4) is 11.5 Å². The number of hydrogen-bond acceptors (Lipinski definition) is 3. The van der Waals surface area contributed by atoms with Gasteiger partial charge in [0.05, 0.1) is 10.7 Å². The number of ether oxygens (including phenoxy) is 1. The molecular weight excluding hydrogens is 333 g/mol. The maximum absolute atomic E-state index is 13.0. The van der Waals surface area contributed by atoms with E-state index in [2.05, 4.69) is 5.32 Å². The first kappa shape index (κ1) is 18.1. The highest BCUT2D eigenvalue weighted by molar-refractivity contribution is 6.32. The third-order valence-electron chi connectivity index (χ3n) is 3.39. The number of phenolic OH excluding ortho intramolecular Hbond substituents is 1. The van der Waals surface area contributed by atoms with Gasteiger partial charge in [-0.25, -0.2) is 4.39 Å². The summed E-state index contributed by atoms with van der Waals surface area (Å²) >= 11 is 5.83. The third kappa shape index (κ3) is 4.61. The molecular formula is C18H19ClFNO3. The van der Waals surface area contributed by atoms with Crippen LogP contribution >= 0.6 is 11.6 Å². The van der Waals surface area contributed by atoms with Crippen LogP contribution in [0.2, 0.25) is 5.02 Å². The number of anilines is 1. The topological polar surface area (TPSA) is 58.6 Å². The molecule has 128 valence electrons. The monoisotopic (exact) mass is 351 g/mol. The lowest BCUT2D eigenvalue weighted by molar-refractivity contribution is -0.118. The molecule has 6 heteroatoms. The molecule has 0 unspecified atom stereocenters. The number of nitrogens with one attached hydrogen (secondary N) is 1. The van der Waals surface area contributed by atoms with E-state index in [0.717, 1.165) is 11.6 Å². The van der Waals surface area contributed by atoms with Crippen LogP contribution in [0.1, 0.15) is 26.3 Å². The second-order valence-corrected chi connectivity index (χ2v) is 6.80. The zero-order chi connectivity index (χ0) is 17.9. The molecule has 2 aromatic carbocycles. The van der Waals surface area contributed by atoms with Gasteiger partial charge < -0.3 is 15.2 Å². The lowest BCUT2D eigenvalue weighted by atomic mass is 9.87. The van der Waals surface area contributed by atoms with E-state index in [0.29, 0.717) is 5.69 Å². The maximum Gasteiger partial charge on any atom is 0.262 e. The smallest absolute Gasteiger partial charge is 0.262 e. The molecule has 0 aliphatic heterocycles. The average molecular weight is 352 g/mol. The van der Waals surface area contributed by atoms with Gasteiger partial charge in [0.25, 0.3) is 5.91 Å². The van der Waals surface area contributed by atoms with E-state index in [1.54, 1.807) is 12.1 Å². The largest absolute Gasteiger partial charge is 0.506 e. The molecule has 0 heterocycles. The van der Waals surface area contributed by atoms with Gasteiger partial charge in [-0.3, -0.25) is 4.79 Å². The van der Waals surface area contributed by atoms with E-state index >= 15 is 0 Å². The van der Waals surface area contributed by atoms with Crippen molar-refractivity contribution in [1.82, 2.24) is 0 Å². The lowest BCUT2D eigenvalue weighted by Crippen LogP contribution is -2.21. The Morgan fingerprint density at radius 2 is 1.96 bits per heavy atom. The fourth-order valence-corrected chi connectivity index (χ4v) is 2.25. The normalized spacial score (nSPS) is 11.2. The van der Waals surface area contributed by atoms with Crippen LogP contribution < -0.4 is 10.1 Å². The van der Waals surface area contributed by atoms with Crippen molar-refractivity contribution in [2.24, 2.45) is 0 Å². The molecule has 24 heavy (non-hydrogen) atoms. The number of benzene rings is 2. The third-order valence-corrected chi connectivity index (χ3v) is 3.68. The van der Waals surface area contributed by atoms with Gasteiger partial charge >= 0.3 is 0 Å². The van der Waals surface area contributed by atoms with Crippen LogP contribution in [-0.2, 0) is 10.2 Å². The number of rotatable bonds is 4. The van der Waals surface area contributed by atoms with Gasteiger partial charge in [0.1, 0.15) is 17.3 Å². The summed E-state index contributed by atoms with van der Waals surface area (Å²) in [6.07, 6.45) is 0. The molecule has 0 atom stereocenters. The van der Waals surface area contributed by atoms with Crippen LogP contribution in [0.15, 0.2) is 36.4 Å². The highest BCUT2D eigenvalue weighted by Crippen LogP contribution is 2.31. The second kappa shape index (κ2) is 7.09. The molecule has 1 amide bonds. The van der Waals surface area contributed by atoms with Crippen LogP contribution in [0.25, 0.3) is 0 Å². The van der Waals surface area contributed by atoms with Gasteiger partial charge in [-0.1, -0.05) is 38.4 Å². The summed E-state index contributed by atoms with van der Waals surface area (Å²) in [5.74, 6) is -0.769. The molecule has 0 aliphatic carbocycles. The van der Waals surface area contributed by atoms with Crippen LogP contribution in [0.4, 0.5) is 10.1 Å². The number of carbonyl (C=O) groups is 1. The molecule has 0 saturated heterocycles. The standard InChI is InChI=1S/C18H19ClFNO3/c1-18(2,3)11-4-6-15(22)14(8-11)21-17(23)10-24-16-7-5-12(20)9-13(16)19/h4-9,22H,10H2,1-3H3,(H,21,23). The molecule has 2 rings (SSSR count). The Morgan fingerprint density at radius 3 is 2.58 bits per heavy atom. The number of amides is 1. The Labute approximate surface area is 145 Å². The van der Waals surface area contributed by atoms with Crippen molar-refractivity contribution in [2.75, 3.05) is 11.9 Å². The van der Waals surface area contributed by atoms with Crippen LogP contribution in [0.3, 0.4) is 0 Å². The first-order chi connectivity index (χ1) is 11.2. The highest BCUT2D eigenvalue weighted by Gasteiger charge is 2.16. The first-order valence-corrected chi connectivity index (χ1v) is 7.76. The molecule has 0 radical (unpaired) electrons. The Morgan fingerprint density at radius 1 is 1.25 bits per heavy atom. The minimum Gasteiger partial charge on any atom is -0.506 e. The minimum absolute atomic E-state index is 0.0313. The summed E-state index contributed by atoms with van der Waals surface area (Å²) in [5.41, 5.74) is 1.16. The summed E-state index contributed by atoms with van der Waals surface area (Å²) in [6, 6.07) is 8.71. The van der Waals surface area contributed by atoms with E-state index in [1.807, 2.05) is 20.8 Å². The summed E-state index contributed by atoms with van der Waals surface area (Å²) < 4.78 is 18.2. The quantitative estimate of drug-likeness (QED) is 0.797. The van der Waals surface area contributed by atoms with E-state index in [9.17, 15) is 14.3 Å². The maximum atomic E-state index is 13.0. The van der Waals surface area contributed by atoms with Crippen molar-refractivity contribution >= 4 is 23.2 Å². The minimum atomic E-state index is -0.485. The van der Waals surface area contributed by atoms with E-state index in [4.69, 9.17) is 16.3 Å². The number of hydrogen-bond donors (Lipinski definition) is 2. The lowest BCUT2D eigenvalue weighted by Gasteiger charge is -2.20. The molecule has 2 aromatic rings. The van der Waals surface area contributed by atoms with Gasteiger partial charge in [-0.05, 0) is 41.3 Å². The van der Waals surface area contributed by atoms with Gasteiger partial charge in [0.15, 0.2) is 6.61 Å². The molecule has 0 aliphatic rings. The summed E-state index contributed by atoms with van der Waals surface area (Å²) in [6.45, 7) is 5.78. The average Bonchev–Trinajstić information content (AvgIpc) is 2.47. The van der Waals surface area contributed by atoms with Crippen molar-refractivity contribution in [3.63, 3.8) is 0 Å². The Bertz CT molecular complexity index is 756. The van der Waals surface area contributed by atoms with Crippen molar-refractivity contribution in [3.05, 3.63) is 52.8 Å². The SMILES string of the molecule is CC(C)(C)c1ccc(O)c(NC(=O)COc2ccc(F)cc2Cl)c1. The highest BCUT2D eigenvalue weighted by atomic mass is 35.5. The van der Waals surface area contributed by atoms with E-state index in [-0.39, 0.29) is 28.5 Å². The van der Waals surface area contributed by atoms with Gasteiger partial charge in [0, 0.05) is 0 Å². The zero-order valence-electron chi connectivity index (χ0n) is 13.7. The van der Waals surface area contributed by atoms with Crippen LogP contribution in [-0.4, -0.2) is 17.6 Å². The molecule has 0 spiro atoms. The number of carbonyl (C=O) groups excluding carboxylic acids is 1. The summed E-state index contributed by atoms with van der Waals surface area (Å²) in [5, 5.41) is 12.6. The van der Waals surface area contributed by atoms with Crippen molar-refractivity contribution < 1.29 is 19.0 Å². The first-order valence-electron chi connectivity index (χ1n) is 7.38. The fraction of sp³-hybridized carbons (Fsp3) is 0.278. The van der Waals surface area contributed by atoms with E-state index < -0.39 is 11.7 Å². The fourth-order valence-electron chi connectivity index (χ4n) is 2.02. The Balaban J connectivity index is 2.04. The van der Waals surface area contributed by atoms with E-state index in [1.165, 1.54) is 18.2 Å². The molecule has 0 bridgehead atoms. The predicted octanol–water partition coefficient (Wildman–Crippen LogP) is 4.50. The van der Waals surface area contributed by atoms with Crippen LogP contribution in [0.5, 0.6) is 11.5 Å². The van der Waals surface area contributed by atoms with Crippen LogP contribution in [0, 0.1) is 5.82 Å². The predicted molar refractivity (Wildman–Crippen MR) is 92.3 cm³/mol. The molecule has 0 fully saturated rings. The molecule has 0 aromatic heterocycles. The Hall–Kier alpha value is -2.27. The zero-order valence-corrected chi connectivity index (χ0v) is 14.4. The van der Waals surface area contributed by atoms with Gasteiger partial charge in [0.2, 0.25) is 0 Å². The summed E-state index contributed by atoms with van der Waals surface area (Å²) in [7, 11) is 0. The number of phenols is 1. The van der Waals surface area contributed by atoms with Gasteiger partial charge in [-0.2, -0.15) is 0 Å². The molecule has 2 N–H and O–H groups in total. The number of halogens is 2. The number of aromatic hydroxyl groups is 1. The van der Waals surface area contributed by atoms with Gasteiger partial charge in [-0.15, -0.1) is 0 Å². The molecule has 0 saturated carbocycles. The second-order valence-electron chi connectivity index (χ2n) is 6.39. The van der Waals surface area contributed by atoms with Crippen molar-refractivity contribution in [1.29, 1.82) is 0 Å². The molecule has 4 nitrogen and oxygen atoms in total. The summed E-state index contributed by atoms with van der Waals surface area (Å²) in [4.78, 5) is 12.0. The Kier molecular flexibility index (Phi) is 5.34. The van der Waals surface area contributed by atoms with Crippen molar-refractivity contribution in [2.45, 2.75) is 26.2 Å².